The Labute approximate surface area is 116 Å². The third-order valence-corrected chi connectivity index (χ3v) is 4.79. The van der Waals surface area contributed by atoms with Gasteiger partial charge in [0.25, 0.3) is 0 Å². The van der Waals surface area contributed by atoms with Crippen LogP contribution in [0.15, 0.2) is 24.3 Å². The van der Waals surface area contributed by atoms with Crippen molar-refractivity contribution in [2.24, 2.45) is 0 Å². The van der Waals surface area contributed by atoms with Crippen molar-refractivity contribution in [3.05, 3.63) is 29.8 Å². The van der Waals surface area contributed by atoms with Gasteiger partial charge in [-0.1, -0.05) is 38.5 Å². The molecule has 1 rings (SSSR count). The number of unbranched alkanes of at least 4 members (excludes halogenated alkanes) is 2. The summed E-state index contributed by atoms with van der Waals surface area (Å²) in [6, 6.07) is 7.95. The number of ether oxygens (including phenoxy) is 1. The standard InChI is InChI=1S/C15H24O3Si/c1-19(2,3)12-6-4-5-11-18-14-9-7-13(8-10-14)15(16)17/h7-10H,4-6,11-12H2,1-3H3,(H,16,17). The average Bonchev–Trinajstić information content (AvgIpc) is 2.33. The summed E-state index contributed by atoms with van der Waals surface area (Å²) in [7, 11) is -0.895. The molecule has 0 unspecified atom stereocenters. The van der Waals surface area contributed by atoms with E-state index in [1.807, 2.05) is 0 Å². The Kier molecular flexibility index (Phi) is 6.08. The molecule has 0 saturated carbocycles. The van der Waals surface area contributed by atoms with Crippen LogP contribution in [0.5, 0.6) is 5.75 Å². The molecule has 1 N–H and O–H groups in total. The maximum atomic E-state index is 10.7. The van der Waals surface area contributed by atoms with Gasteiger partial charge in [0.15, 0.2) is 0 Å². The summed E-state index contributed by atoms with van der Waals surface area (Å²) in [4.78, 5) is 10.7. The number of carbonyl (C=O) groups is 1. The third-order valence-electron chi connectivity index (χ3n) is 2.94. The number of aromatic carboxylic acids is 1. The molecule has 0 radical (unpaired) electrons. The first-order valence-corrected chi connectivity index (χ1v) is 10.6. The van der Waals surface area contributed by atoms with Crippen molar-refractivity contribution in [3.8, 4) is 5.75 Å². The highest BCUT2D eigenvalue weighted by molar-refractivity contribution is 6.76. The minimum absolute atomic E-state index is 0.294. The van der Waals surface area contributed by atoms with Gasteiger partial charge in [0, 0.05) is 8.07 Å². The lowest BCUT2D eigenvalue weighted by Crippen LogP contribution is -2.18. The third kappa shape index (κ3) is 7.01. The van der Waals surface area contributed by atoms with E-state index < -0.39 is 14.0 Å². The van der Waals surface area contributed by atoms with E-state index in [0.717, 1.165) is 12.2 Å². The Balaban J connectivity index is 2.17. The number of hydrogen-bond acceptors (Lipinski definition) is 2. The first-order chi connectivity index (χ1) is 8.88. The van der Waals surface area contributed by atoms with Gasteiger partial charge in [-0.25, -0.2) is 4.79 Å². The van der Waals surface area contributed by atoms with Crippen LogP contribution >= 0.6 is 0 Å². The van der Waals surface area contributed by atoms with E-state index in [0.29, 0.717) is 12.2 Å². The fourth-order valence-electron chi connectivity index (χ4n) is 1.82. The maximum Gasteiger partial charge on any atom is 0.335 e. The van der Waals surface area contributed by atoms with Crippen LogP contribution < -0.4 is 4.74 Å². The minimum atomic E-state index is -0.905. The molecule has 0 bridgehead atoms. The number of rotatable bonds is 8. The van der Waals surface area contributed by atoms with E-state index in [2.05, 4.69) is 19.6 Å². The molecule has 0 saturated heterocycles. The lowest BCUT2D eigenvalue weighted by Gasteiger charge is -2.15. The zero-order valence-electron chi connectivity index (χ0n) is 12.1. The quantitative estimate of drug-likeness (QED) is 0.571. The molecule has 0 aliphatic carbocycles. The van der Waals surface area contributed by atoms with Crippen molar-refractivity contribution >= 4 is 14.0 Å². The predicted octanol–water partition coefficient (Wildman–Crippen LogP) is 4.27. The molecule has 0 aromatic heterocycles. The molecule has 0 fully saturated rings. The van der Waals surface area contributed by atoms with Crippen LogP contribution in [0.2, 0.25) is 25.7 Å². The summed E-state index contributed by atoms with van der Waals surface area (Å²) in [5.41, 5.74) is 0.294. The minimum Gasteiger partial charge on any atom is -0.494 e. The monoisotopic (exact) mass is 280 g/mol. The Morgan fingerprint density at radius 1 is 1.11 bits per heavy atom. The second kappa shape index (κ2) is 7.33. The molecule has 0 aliphatic heterocycles. The highest BCUT2D eigenvalue weighted by atomic mass is 28.3. The molecule has 0 atom stereocenters. The van der Waals surface area contributed by atoms with Crippen molar-refractivity contribution in [3.63, 3.8) is 0 Å². The van der Waals surface area contributed by atoms with Gasteiger partial charge < -0.3 is 9.84 Å². The van der Waals surface area contributed by atoms with Gasteiger partial charge in [-0.2, -0.15) is 0 Å². The summed E-state index contributed by atoms with van der Waals surface area (Å²) >= 11 is 0. The molecule has 0 spiro atoms. The zero-order chi connectivity index (χ0) is 14.3. The second-order valence-electron chi connectivity index (χ2n) is 6.05. The molecule has 106 valence electrons. The molecular formula is C15H24O3Si. The van der Waals surface area contributed by atoms with Crippen molar-refractivity contribution in [1.29, 1.82) is 0 Å². The summed E-state index contributed by atoms with van der Waals surface area (Å²) in [5, 5.41) is 8.78. The molecular weight excluding hydrogens is 256 g/mol. The van der Waals surface area contributed by atoms with E-state index in [9.17, 15) is 4.79 Å². The summed E-state index contributed by atoms with van der Waals surface area (Å²) in [5.74, 6) is -0.159. The van der Waals surface area contributed by atoms with Gasteiger partial charge in [-0.15, -0.1) is 0 Å². The Hall–Kier alpha value is -1.29. The van der Waals surface area contributed by atoms with Gasteiger partial charge >= 0.3 is 5.97 Å². The number of carboxylic acids is 1. The van der Waals surface area contributed by atoms with Crippen LogP contribution in [-0.4, -0.2) is 25.8 Å². The summed E-state index contributed by atoms with van der Waals surface area (Å²) in [6.07, 6.45) is 3.56. The van der Waals surface area contributed by atoms with E-state index >= 15 is 0 Å². The Morgan fingerprint density at radius 3 is 2.26 bits per heavy atom. The number of carboxylic acid groups (broad SMARTS) is 1. The fraction of sp³-hybridized carbons (Fsp3) is 0.533. The lowest BCUT2D eigenvalue weighted by molar-refractivity contribution is 0.0697. The van der Waals surface area contributed by atoms with Crippen molar-refractivity contribution < 1.29 is 14.6 Å². The molecule has 0 aliphatic rings. The largest absolute Gasteiger partial charge is 0.494 e. The fourth-order valence-corrected chi connectivity index (χ4v) is 3.13. The second-order valence-corrected chi connectivity index (χ2v) is 11.7. The van der Waals surface area contributed by atoms with E-state index in [1.54, 1.807) is 24.3 Å². The zero-order valence-corrected chi connectivity index (χ0v) is 13.1. The van der Waals surface area contributed by atoms with Gasteiger partial charge in [-0.05, 0) is 30.7 Å². The van der Waals surface area contributed by atoms with Crippen LogP contribution in [0.1, 0.15) is 29.6 Å². The van der Waals surface area contributed by atoms with E-state index in [1.165, 1.54) is 18.9 Å². The molecule has 4 heteroatoms. The van der Waals surface area contributed by atoms with Crippen LogP contribution in [0.4, 0.5) is 0 Å². The van der Waals surface area contributed by atoms with E-state index in [4.69, 9.17) is 9.84 Å². The van der Waals surface area contributed by atoms with Gasteiger partial charge in [0.1, 0.15) is 5.75 Å². The topological polar surface area (TPSA) is 46.5 Å². The predicted molar refractivity (Wildman–Crippen MR) is 80.9 cm³/mol. The summed E-state index contributed by atoms with van der Waals surface area (Å²) in [6.45, 7) is 7.90. The van der Waals surface area contributed by atoms with Crippen LogP contribution in [0, 0.1) is 0 Å². The highest BCUT2D eigenvalue weighted by Gasteiger charge is 2.11. The van der Waals surface area contributed by atoms with Crippen molar-refractivity contribution in [2.75, 3.05) is 6.61 Å². The molecule has 19 heavy (non-hydrogen) atoms. The van der Waals surface area contributed by atoms with Gasteiger partial charge in [-0.3, -0.25) is 0 Å². The van der Waals surface area contributed by atoms with Gasteiger partial charge in [0.2, 0.25) is 0 Å². The molecule has 3 nitrogen and oxygen atoms in total. The Bertz CT molecular complexity index is 393. The van der Waals surface area contributed by atoms with Crippen LogP contribution in [0.3, 0.4) is 0 Å². The number of benzene rings is 1. The first-order valence-electron chi connectivity index (χ1n) is 6.85. The molecule has 1 aromatic carbocycles. The van der Waals surface area contributed by atoms with Crippen molar-refractivity contribution in [2.45, 2.75) is 44.9 Å². The Morgan fingerprint density at radius 2 is 1.74 bits per heavy atom. The van der Waals surface area contributed by atoms with Gasteiger partial charge in [0.05, 0.1) is 12.2 Å². The molecule has 1 aromatic rings. The summed E-state index contributed by atoms with van der Waals surface area (Å²) < 4.78 is 5.59. The lowest BCUT2D eigenvalue weighted by atomic mass is 10.2. The van der Waals surface area contributed by atoms with Crippen LogP contribution in [0.25, 0.3) is 0 Å². The average molecular weight is 280 g/mol. The number of hydrogen-bond donors (Lipinski definition) is 1. The highest BCUT2D eigenvalue weighted by Crippen LogP contribution is 2.15. The molecule has 0 amide bonds. The first kappa shape index (κ1) is 15.8. The SMILES string of the molecule is C[Si](C)(C)CCCCCOc1ccc(C(=O)O)cc1. The van der Waals surface area contributed by atoms with E-state index in [-0.39, 0.29) is 0 Å². The van der Waals surface area contributed by atoms with Crippen molar-refractivity contribution in [1.82, 2.24) is 0 Å². The van der Waals surface area contributed by atoms with Crippen LogP contribution in [-0.2, 0) is 0 Å². The normalized spacial score (nSPS) is 11.3. The molecule has 0 heterocycles. The maximum absolute atomic E-state index is 10.7. The smallest absolute Gasteiger partial charge is 0.335 e.